The maximum Gasteiger partial charge on any atom is 0.419 e. The highest BCUT2D eigenvalue weighted by Crippen LogP contribution is 2.38. The van der Waals surface area contributed by atoms with E-state index in [4.69, 9.17) is 4.74 Å². The van der Waals surface area contributed by atoms with Gasteiger partial charge in [0.25, 0.3) is 5.91 Å². The fourth-order valence-electron chi connectivity index (χ4n) is 3.07. The summed E-state index contributed by atoms with van der Waals surface area (Å²) in [4.78, 5) is 38.8. The molecule has 136 valence electrons. The van der Waals surface area contributed by atoms with E-state index >= 15 is 0 Å². The Morgan fingerprint density at radius 1 is 1.07 bits per heavy atom. The number of benzene rings is 2. The van der Waals surface area contributed by atoms with Gasteiger partial charge in [0.2, 0.25) is 5.91 Å². The molecule has 2 aliphatic rings. The first-order valence-electron chi connectivity index (χ1n) is 8.71. The van der Waals surface area contributed by atoms with Gasteiger partial charge in [-0.15, -0.1) is 0 Å². The van der Waals surface area contributed by atoms with Crippen molar-refractivity contribution in [2.24, 2.45) is 5.92 Å². The van der Waals surface area contributed by atoms with Gasteiger partial charge in [-0.25, -0.2) is 4.79 Å². The highest BCUT2D eigenvalue weighted by Gasteiger charge is 2.49. The molecular formula is C21H18N2O4. The number of hydrogen-bond donors (Lipinski definition) is 0. The van der Waals surface area contributed by atoms with Crippen molar-refractivity contribution < 1.29 is 19.1 Å². The van der Waals surface area contributed by atoms with Crippen LogP contribution in [0.4, 0.5) is 10.5 Å². The predicted octanol–water partition coefficient (Wildman–Crippen LogP) is 2.79. The Kier molecular flexibility index (Phi) is 4.24. The summed E-state index contributed by atoms with van der Waals surface area (Å²) >= 11 is 0. The summed E-state index contributed by atoms with van der Waals surface area (Å²) in [6, 6.07) is 16.3. The number of carbonyl (C=O) groups excluding carboxylic acids is 3. The van der Waals surface area contributed by atoms with E-state index in [-0.39, 0.29) is 17.7 Å². The number of likely N-dealkylation sites (tertiary alicyclic amines) is 1. The molecule has 0 radical (unpaired) electrons. The number of fused-ring (bicyclic) bond motifs is 1. The minimum absolute atomic E-state index is 0.121. The maximum atomic E-state index is 12.2. The highest BCUT2D eigenvalue weighted by molar-refractivity contribution is 6.20. The quantitative estimate of drug-likeness (QED) is 0.767. The van der Waals surface area contributed by atoms with E-state index in [0.717, 1.165) is 11.3 Å². The molecule has 3 amide bonds. The van der Waals surface area contributed by atoms with Crippen molar-refractivity contribution in [2.75, 3.05) is 18.5 Å². The SMILES string of the molecule is CN(C(=O)Oc1ccc(CCN2C(=O)C3=CC3C2=O)cc1)c1ccccc1. The van der Waals surface area contributed by atoms with Crippen LogP contribution in [0, 0.1) is 5.92 Å². The summed E-state index contributed by atoms with van der Waals surface area (Å²) in [5, 5.41) is 0. The molecule has 1 saturated heterocycles. The average Bonchev–Trinajstić information content (AvgIpc) is 3.45. The Bertz CT molecular complexity index is 934. The second-order valence-electron chi connectivity index (χ2n) is 6.55. The summed E-state index contributed by atoms with van der Waals surface area (Å²) in [7, 11) is 1.65. The Balaban J connectivity index is 1.32. The molecule has 6 heteroatoms. The van der Waals surface area contributed by atoms with Gasteiger partial charge in [0.1, 0.15) is 5.75 Å². The molecule has 6 nitrogen and oxygen atoms in total. The molecule has 1 aliphatic heterocycles. The number of rotatable bonds is 5. The molecular weight excluding hydrogens is 344 g/mol. The second kappa shape index (κ2) is 6.72. The van der Waals surface area contributed by atoms with E-state index in [1.165, 1.54) is 9.80 Å². The number of amides is 3. The van der Waals surface area contributed by atoms with Crippen molar-refractivity contribution in [3.63, 3.8) is 0 Å². The second-order valence-corrected chi connectivity index (χ2v) is 6.55. The zero-order chi connectivity index (χ0) is 19.0. The van der Waals surface area contributed by atoms with Gasteiger partial charge in [-0.1, -0.05) is 36.4 Å². The molecule has 0 N–H and O–H groups in total. The van der Waals surface area contributed by atoms with Crippen LogP contribution >= 0.6 is 0 Å². The lowest BCUT2D eigenvalue weighted by molar-refractivity contribution is -0.138. The number of nitrogens with zero attached hydrogens (tertiary/aromatic N) is 2. The maximum absolute atomic E-state index is 12.2. The molecule has 1 aliphatic carbocycles. The largest absolute Gasteiger partial charge is 0.419 e. The first-order chi connectivity index (χ1) is 13.0. The fraction of sp³-hybridized carbons (Fsp3) is 0.190. The third kappa shape index (κ3) is 3.33. The number of imide groups is 1. The molecule has 4 rings (SSSR count). The highest BCUT2D eigenvalue weighted by atomic mass is 16.6. The number of ether oxygens (including phenoxy) is 1. The standard InChI is InChI=1S/C21H18N2O4/c1-22(15-5-3-2-4-6-15)21(26)27-16-9-7-14(8-10-16)11-12-23-19(24)17-13-18(17)20(23)25/h2-10,13,17H,11-12H2,1H3. The normalized spacial score (nSPS) is 17.4. The van der Waals surface area contributed by atoms with E-state index in [1.807, 2.05) is 42.5 Å². The molecule has 1 fully saturated rings. The minimum Gasteiger partial charge on any atom is -0.410 e. The van der Waals surface area contributed by atoms with Gasteiger partial charge in [0.15, 0.2) is 0 Å². The molecule has 1 atom stereocenters. The first kappa shape index (κ1) is 17.0. The Morgan fingerprint density at radius 2 is 1.78 bits per heavy atom. The van der Waals surface area contributed by atoms with Gasteiger partial charge in [-0.05, 0) is 36.2 Å². The molecule has 0 saturated carbocycles. The molecule has 0 bridgehead atoms. The third-order valence-corrected chi connectivity index (χ3v) is 4.77. The van der Waals surface area contributed by atoms with Gasteiger partial charge in [0, 0.05) is 24.9 Å². The van der Waals surface area contributed by atoms with Crippen LogP contribution in [-0.4, -0.2) is 36.4 Å². The number of para-hydroxylation sites is 1. The van der Waals surface area contributed by atoms with Crippen molar-refractivity contribution in [3.05, 3.63) is 71.8 Å². The van der Waals surface area contributed by atoms with Crippen LogP contribution < -0.4 is 9.64 Å². The summed E-state index contributed by atoms with van der Waals surface area (Å²) in [6.45, 7) is 0.362. The molecule has 2 aromatic carbocycles. The van der Waals surface area contributed by atoms with E-state index in [9.17, 15) is 14.4 Å². The summed E-state index contributed by atoms with van der Waals surface area (Å²) in [6.07, 6.45) is 1.79. The smallest absolute Gasteiger partial charge is 0.410 e. The topological polar surface area (TPSA) is 66.9 Å². The van der Waals surface area contributed by atoms with E-state index in [2.05, 4.69) is 0 Å². The van der Waals surface area contributed by atoms with Gasteiger partial charge in [-0.3, -0.25) is 19.4 Å². The van der Waals surface area contributed by atoms with Crippen LogP contribution in [0.3, 0.4) is 0 Å². The fourth-order valence-corrected chi connectivity index (χ4v) is 3.07. The Labute approximate surface area is 156 Å². The van der Waals surface area contributed by atoms with Crippen molar-refractivity contribution in [3.8, 4) is 5.75 Å². The lowest BCUT2D eigenvalue weighted by Gasteiger charge is -2.17. The van der Waals surface area contributed by atoms with Gasteiger partial charge in [0.05, 0.1) is 5.92 Å². The summed E-state index contributed by atoms with van der Waals surface area (Å²) in [5.74, 6) is -0.115. The average molecular weight is 362 g/mol. The van der Waals surface area contributed by atoms with Crippen LogP contribution in [0.15, 0.2) is 66.2 Å². The van der Waals surface area contributed by atoms with Gasteiger partial charge >= 0.3 is 6.09 Å². The van der Waals surface area contributed by atoms with Gasteiger partial charge < -0.3 is 4.74 Å². The lowest BCUT2D eigenvalue weighted by Crippen LogP contribution is -2.33. The third-order valence-electron chi connectivity index (χ3n) is 4.77. The van der Waals surface area contributed by atoms with Crippen LogP contribution in [0.2, 0.25) is 0 Å². The molecule has 1 unspecified atom stereocenters. The Morgan fingerprint density at radius 3 is 2.41 bits per heavy atom. The van der Waals surface area contributed by atoms with Crippen LogP contribution in [0.25, 0.3) is 0 Å². The Hall–Kier alpha value is -3.41. The predicted molar refractivity (Wildman–Crippen MR) is 99.3 cm³/mol. The number of anilines is 1. The van der Waals surface area contributed by atoms with E-state index in [0.29, 0.717) is 24.3 Å². The van der Waals surface area contributed by atoms with Gasteiger partial charge in [-0.2, -0.15) is 0 Å². The van der Waals surface area contributed by atoms with Crippen molar-refractivity contribution in [1.82, 2.24) is 4.90 Å². The van der Waals surface area contributed by atoms with Crippen molar-refractivity contribution in [1.29, 1.82) is 0 Å². The first-order valence-corrected chi connectivity index (χ1v) is 8.71. The lowest BCUT2D eigenvalue weighted by atomic mass is 10.1. The number of hydrogen-bond acceptors (Lipinski definition) is 4. The molecule has 2 aromatic rings. The summed E-state index contributed by atoms with van der Waals surface area (Å²) in [5.41, 5.74) is 2.33. The van der Waals surface area contributed by atoms with Crippen LogP contribution in [0.5, 0.6) is 5.75 Å². The summed E-state index contributed by atoms with van der Waals surface area (Å²) < 4.78 is 5.38. The van der Waals surface area contributed by atoms with E-state index < -0.39 is 6.09 Å². The van der Waals surface area contributed by atoms with Crippen LogP contribution in [0.1, 0.15) is 5.56 Å². The molecule has 27 heavy (non-hydrogen) atoms. The zero-order valence-corrected chi connectivity index (χ0v) is 14.8. The van der Waals surface area contributed by atoms with Crippen LogP contribution in [-0.2, 0) is 16.0 Å². The number of carbonyl (C=O) groups is 3. The monoisotopic (exact) mass is 362 g/mol. The van der Waals surface area contributed by atoms with E-state index in [1.54, 1.807) is 25.3 Å². The zero-order valence-electron chi connectivity index (χ0n) is 14.8. The van der Waals surface area contributed by atoms with Crippen molar-refractivity contribution >= 4 is 23.6 Å². The molecule has 0 aromatic heterocycles. The molecule has 1 heterocycles. The molecule has 0 spiro atoms. The minimum atomic E-state index is -0.477. The van der Waals surface area contributed by atoms with Crippen molar-refractivity contribution in [2.45, 2.75) is 6.42 Å².